The van der Waals surface area contributed by atoms with Crippen molar-refractivity contribution in [3.05, 3.63) is 52.6 Å². The summed E-state index contributed by atoms with van der Waals surface area (Å²) in [6, 6.07) is 5.55. The number of carboxylic acids is 1. The zero-order valence-electron chi connectivity index (χ0n) is 20.4. The molecule has 0 aliphatic heterocycles. The molecule has 0 fully saturated rings. The predicted octanol–water partition coefficient (Wildman–Crippen LogP) is 5.23. The molecule has 0 amide bonds. The lowest BCUT2D eigenvalue weighted by Gasteiger charge is -2.22. The number of aryl methyl sites for hydroxylation is 1. The molecule has 2 aromatic rings. The van der Waals surface area contributed by atoms with E-state index in [-0.39, 0.29) is 16.9 Å². The maximum Gasteiger partial charge on any atom is 0.416 e. The third kappa shape index (κ3) is 6.50. The van der Waals surface area contributed by atoms with Crippen LogP contribution >= 0.6 is 0 Å². The van der Waals surface area contributed by atoms with Crippen molar-refractivity contribution in [3.8, 4) is 0 Å². The average Bonchev–Trinajstić information content (AvgIpc) is 2.83. The van der Waals surface area contributed by atoms with Gasteiger partial charge in [-0.3, -0.25) is 4.72 Å². The number of aromatic carboxylic acids is 1. The van der Waals surface area contributed by atoms with Crippen molar-refractivity contribution in [3.63, 3.8) is 0 Å². The molecule has 3 rings (SSSR count). The molecule has 7 nitrogen and oxygen atoms in total. The third-order valence-electron chi connectivity index (χ3n) is 6.45. The van der Waals surface area contributed by atoms with E-state index in [1.807, 2.05) is 13.8 Å². The Kier molecular flexibility index (Phi) is 8.89. The summed E-state index contributed by atoms with van der Waals surface area (Å²) in [6.07, 6.45) is -1.22. The van der Waals surface area contributed by atoms with Crippen LogP contribution in [-0.4, -0.2) is 50.6 Å². The smallest absolute Gasteiger partial charge is 0.416 e. The summed E-state index contributed by atoms with van der Waals surface area (Å²) in [6.45, 7) is 6.85. The number of carboxylic acid groups (broad SMARTS) is 1. The summed E-state index contributed by atoms with van der Waals surface area (Å²) in [5.41, 5.74) is -0.00107. The number of nitrogens with one attached hydrogen (secondary N) is 2. The molecule has 0 heterocycles. The van der Waals surface area contributed by atoms with Gasteiger partial charge >= 0.3 is 12.1 Å². The van der Waals surface area contributed by atoms with Crippen LogP contribution in [0.4, 0.5) is 24.5 Å². The van der Waals surface area contributed by atoms with E-state index < -0.39 is 32.6 Å². The van der Waals surface area contributed by atoms with E-state index in [1.54, 1.807) is 6.07 Å². The second-order valence-electron chi connectivity index (χ2n) is 8.76. The van der Waals surface area contributed by atoms with Gasteiger partial charge in [0.2, 0.25) is 0 Å². The zero-order chi connectivity index (χ0) is 26.5. The van der Waals surface area contributed by atoms with E-state index in [0.29, 0.717) is 37.4 Å². The van der Waals surface area contributed by atoms with Crippen LogP contribution in [0.15, 0.2) is 35.2 Å². The van der Waals surface area contributed by atoms with E-state index in [0.717, 1.165) is 50.2 Å². The first-order valence-electron chi connectivity index (χ1n) is 12.1. The van der Waals surface area contributed by atoms with E-state index in [9.17, 15) is 31.5 Å². The number of rotatable bonds is 11. The van der Waals surface area contributed by atoms with Crippen LogP contribution in [0, 0.1) is 0 Å². The number of benzene rings is 2. The minimum Gasteiger partial charge on any atom is -0.478 e. The molecule has 0 atom stereocenters. The van der Waals surface area contributed by atoms with Crippen LogP contribution < -0.4 is 10.0 Å². The Labute approximate surface area is 209 Å². The summed E-state index contributed by atoms with van der Waals surface area (Å²) in [5.74, 6) is -1.29. The van der Waals surface area contributed by atoms with Gasteiger partial charge in [-0.1, -0.05) is 19.9 Å². The first-order valence-corrected chi connectivity index (χ1v) is 13.5. The highest BCUT2D eigenvalue weighted by Crippen LogP contribution is 2.36. The fourth-order valence-electron chi connectivity index (χ4n) is 4.49. The highest BCUT2D eigenvalue weighted by molar-refractivity contribution is 7.92. The van der Waals surface area contributed by atoms with Gasteiger partial charge < -0.3 is 15.3 Å². The number of halogens is 3. The topological polar surface area (TPSA) is 98.7 Å². The van der Waals surface area contributed by atoms with Crippen LogP contribution in [0.25, 0.3) is 0 Å². The van der Waals surface area contributed by atoms with Crippen molar-refractivity contribution in [1.82, 2.24) is 4.90 Å². The van der Waals surface area contributed by atoms with Crippen molar-refractivity contribution >= 4 is 27.4 Å². The highest BCUT2D eigenvalue weighted by Gasteiger charge is 2.33. The van der Waals surface area contributed by atoms with Gasteiger partial charge in [-0.05, 0) is 87.1 Å². The monoisotopic (exact) mass is 527 g/mol. The van der Waals surface area contributed by atoms with E-state index in [2.05, 4.69) is 14.9 Å². The van der Waals surface area contributed by atoms with Gasteiger partial charge in [0.25, 0.3) is 10.0 Å². The third-order valence-corrected chi connectivity index (χ3v) is 7.86. The fourth-order valence-corrected chi connectivity index (χ4v) is 5.77. The molecule has 0 radical (unpaired) electrons. The van der Waals surface area contributed by atoms with Crippen molar-refractivity contribution < 1.29 is 31.5 Å². The first-order chi connectivity index (χ1) is 17.0. The summed E-state index contributed by atoms with van der Waals surface area (Å²) < 4.78 is 69.3. The number of alkyl halides is 3. The first kappa shape index (κ1) is 27.8. The number of hydrogen-bond donors (Lipinski definition) is 3. The Morgan fingerprint density at radius 1 is 1.06 bits per heavy atom. The summed E-state index contributed by atoms with van der Waals surface area (Å²) >= 11 is 0. The van der Waals surface area contributed by atoms with Gasteiger partial charge in [0.05, 0.1) is 22.5 Å². The number of nitrogens with zero attached hydrogens (tertiary/aromatic N) is 1. The van der Waals surface area contributed by atoms with Crippen molar-refractivity contribution in [1.29, 1.82) is 0 Å². The SMILES string of the molecule is CCN(CC)CCCNc1ccc(C(F)(F)F)cc1S(=O)(=O)Nc1ccc2c(c1C(=O)O)CCCC2. The van der Waals surface area contributed by atoms with Gasteiger partial charge in [0.15, 0.2) is 0 Å². The molecular weight excluding hydrogens is 495 g/mol. The molecule has 0 bridgehead atoms. The number of anilines is 2. The van der Waals surface area contributed by atoms with Crippen LogP contribution in [0.2, 0.25) is 0 Å². The predicted molar refractivity (Wildman–Crippen MR) is 133 cm³/mol. The Bertz CT molecular complexity index is 1200. The Morgan fingerprint density at radius 3 is 2.36 bits per heavy atom. The molecule has 0 unspecified atom stereocenters. The number of sulfonamides is 1. The molecule has 1 aliphatic rings. The Hall–Kier alpha value is -2.79. The van der Waals surface area contributed by atoms with Crippen molar-refractivity contribution in [2.75, 3.05) is 36.2 Å². The van der Waals surface area contributed by atoms with Gasteiger partial charge in [-0.25, -0.2) is 13.2 Å². The van der Waals surface area contributed by atoms with Crippen LogP contribution in [0.1, 0.15) is 60.2 Å². The van der Waals surface area contributed by atoms with E-state index in [4.69, 9.17) is 0 Å². The van der Waals surface area contributed by atoms with Crippen molar-refractivity contribution in [2.24, 2.45) is 0 Å². The lowest BCUT2D eigenvalue weighted by atomic mass is 9.87. The molecule has 0 aromatic heterocycles. The second-order valence-corrected chi connectivity index (χ2v) is 10.4. The maximum atomic E-state index is 13.4. The number of fused-ring (bicyclic) bond motifs is 1. The summed E-state index contributed by atoms with van der Waals surface area (Å²) in [7, 11) is -4.56. The van der Waals surface area contributed by atoms with E-state index >= 15 is 0 Å². The maximum absolute atomic E-state index is 13.4. The highest BCUT2D eigenvalue weighted by atomic mass is 32.2. The van der Waals surface area contributed by atoms with Crippen molar-refractivity contribution in [2.45, 2.75) is 57.0 Å². The molecular formula is C25H32F3N3O4S. The molecule has 1 aliphatic carbocycles. The molecule has 0 saturated heterocycles. The minimum atomic E-state index is -4.75. The second kappa shape index (κ2) is 11.5. The average molecular weight is 528 g/mol. The molecule has 2 aromatic carbocycles. The largest absolute Gasteiger partial charge is 0.478 e. The fraction of sp³-hybridized carbons (Fsp3) is 0.480. The molecule has 0 spiro atoms. The van der Waals surface area contributed by atoms with E-state index in [1.165, 1.54) is 6.07 Å². The van der Waals surface area contributed by atoms with Crippen LogP contribution in [-0.2, 0) is 29.0 Å². The number of carbonyl (C=O) groups is 1. The van der Waals surface area contributed by atoms with Crippen LogP contribution in [0.5, 0.6) is 0 Å². The molecule has 198 valence electrons. The lowest BCUT2D eigenvalue weighted by Crippen LogP contribution is -2.25. The normalized spacial score (nSPS) is 13.9. The number of hydrogen-bond acceptors (Lipinski definition) is 5. The van der Waals surface area contributed by atoms with Gasteiger partial charge in [-0.2, -0.15) is 13.2 Å². The standard InChI is InChI=1S/C25H32F3N3O4S/c1-3-31(4-2)15-7-14-29-20-13-11-18(25(26,27)28)16-22(20)36(34,35)30-21-12-10-17-8-5-6-9-19(17)23(21)24(32)33/h10-13,16,29-30H,3-9,14-15H2,1-2H3,(H,32,33). The van der Waals surface area contributed by atoms with Crippen LogP contribution in [0.3, 0.4) is 0 Å². The van der Waals surface area contributed by atoms with Gasteiger partial charge in [-0.15, -0.1) is 0 Å². The minimum absolute atomic E-state index is 0.0184. The van der Waals surface area contributed by atoms with Gasteiger partial charge in [0.1, 0.15) is 4.90 Å². The molecule has 11 heteroatoms. The molecule has 0 saturated carbocycles. The lowest BCUT2D eigenvalue weighted by molar-refractivity contribution is -0.137. The Balaban J connectivity index is 1.96. The molecule has 36 heavy (non-hydrogen) atoms. The van der Waals surface area contributed by atoms with Gasteiger partial charge in [0, 0.05) is 6.54 Å². The summed E-state index contributed by atoms with van der Waals surface area (Å²) in [4.78, 5) is 13.6. The Morgan fingerprint density at radius 2 is 1.72 bits per heavy atom. The summed E-state index contributed by atoms with van der Waals surface area (Å²) in [5, 5.41) is 12.8. The zero-order valence-corrected chi connectivity index (χ0v) is 21.2. The quantitative estimate of drug-likeness (QED) is 0.346. The molecule has 3 N–H and O–H groups in total.